The number of amides is 1. The normalized spacial score (nSPS) is 18.1. The third-order valence-electron chi connectivity index (χ3n) is 4.37. The number of nitrogens with one attached hydrogen (secondary N) is 1. The van der Waals surface area contributed by atoms with E-state index in [0.29, 0.717) is 26.2 Å². The van der Waals surface area contributed by atoms with Gasteiger partial charge in [0.2, 0.25) is 0 Å². The van der Waals surface area contributed by atoms with Crippen molar-refractivity contribution in [3.63, 3.8) is 0 Å². The molecule has 0 atom stereocenters. The Kier molecular flexibility index (Phi) is 3.78. The summed E-state index contributed by atoms with van der Waals surface area (Å²) in [6.07, 6.45) is 3.00. The van der Waals surface area contributed by atoms with E-state index in [4.69, 9.17) is 4.74 Å². The fourth-order valence-corrected chi connectivity index (χ4v) is 4.29. The summed E-state index contributed by atoms with van der Waals surface area (Å²) in [4.78, 5) is 32.6. The molecule has 2 aliphatic heterocycles. The highest BCUT2D eigenvalue weighted by Crippen LogP contribution is 2.29. The molecule has 0 saturated carbocycles. The fourth-order valence-electron chi connectivity index (χ4n) is 3.14. The number of thiophene rings is 1. The smallest absolute Gasteiger partial charge is 0.409 e. The molecular formula is C15H18N4O3S. The summed E-state index contributed by atoms with van der Waals surface area (Å²) < 4.78 is 6.63. The lowest BCUT2D eigenvalue weighted by Crippen LogP contribution is -2.40. The van der Waals surface area contributed by atoms with Crippen LogP contribution in [-0.2, 0) is 24.2 Å². The molecule has 0 spiro atoms. The summed E-state index contributed by atoms with van der Waals surface area (Å²) >= 11 is 1.60. The summed E-state index contributed by atoms with van der Waals surface area (Å²) in [6, 6.07) is 0. The zero-order valence-corrected chi connectivity index (χ0v) is 13.5. The summed E-state index contributed by atoms with van der Waals surface area (Å²) in [7, 11) is 0. The first-order valence-electron chi connectivity index (χ1n) is 7.86. The van der Waals surface area contributed by atoms with Gasteiger partial charge in [0.1, 0.15) is 4.83 Å². The SMILES string of the molecule is O=C1OCCCN1CCn1cnc2sc3c(c2c1=O)CCNC3. The first-order chi connectivity index (χ1) is 11.2. The van der Waals surface area contributed by atoms with Crippen molar-refractivity contribution >= 4 is 27.6 Å². The average molecular weight is 334 g/mol. The highest BCUT2D eigenvalue weighted by Gasteiger charge is 2.21. The molecule has 0 bridgehead atoms. The molecule has 2 aromatic heterocycles. The van der Waals surface area contributed by atoms with Gasteiger partial charge in [-0.25, -0.2) is 9.78 Å². The Morgan fingerprint density at radius 3 is 3.13 bits per heavy atom. The summed E-state index contributed by atoms with van der Waals surface area (Å²) in [5.74, 6) is 0. The van der Waals surface area contributed by atoms with Gasteiger partial charge in [0.05, 0.1) is 18.3 Å². The van der Waals surface area contributed by atoms with Crippen LogP contribution in [0.25, 0.3) is 10.2 Å². The molecule has 0 aromatic carbocycles. The molecule has 23 heavy (non-hydrogen) atoms. The lowest BCUT2D eigenvalue weighted by atomic mass is 10.1. The number of nitrogens with zero attached hydrogens (tertiary/aromatic N) is 3. The second-order valence-electron chi connectivity index (χ2n) is 5.81. The molecule has 2 aromatic rings. The predicted molar refractivity (Wildman–Crippen MR) is 86.8 cm³/mol. The largest absolute Gasteiger partial charge is 0.449 e. The first kappa shape index (κ1) is 14.6. The van der Waals surface area contributed by atoms with Crippen LogP contribution in [0.4, 0.5) is 4.79 Å². The van der Waals surface area contributed by atoms with E-state index in [-0.39, 0.29) is 11.7 Å². The van der Waals surface area contributed by atoms with Gasteiger partial charge in [-0.3, -0.25) is 9.36 Å². The van der Waals surface area contributed by atoms with Crippen LogP contribution in [0.5, 0.6) is 0 Å². The van der Waals surface area contributed by atoms with Crippen LogP contribution >= 0.6 is 11.3 Å². The van der Waals surface area contributed by atoms with Gasteiger partial charge in [0, 0.05) is 31.1 Å². The van der Waals surface area contributed by atoms with Gasteiger partial charge in [0.25, 0.3) is 5.56 Å². The minimum atomic E-state index is -0.294. The Labute approximate surface area is 136 Å². The second-order valence-corrected chi connectivity index (χ2v) is 6.89. The van der Waals surface area contributed by atoms with Crippen LogP contribution in [-0.4, -0.2) is 46.8 Å². The van der Waals surface area contributed by atoms with Crippen LogP contribution < -0.4 is 10.9 Å². The zero-order chi connectivity index (χ0) is 15.8. The van der Waals surface area contributed by atoms with Gasteiger partial charge in [-0.05, 0) is 24.9 Å². The lowest BCUT2D eigenvalue weighted by molar-refractivity contribution is 0.0715. The van der Waals surface area contributed by atoms with E-state index in [2.05, 4.69) is 10.3 Å². The molecule has 4 heterocycles. The van der Waals surface area contributed by atoms with Gasteiger partial charge in [-0.15, -0.1) is 11.3 Å². The number of hydrogen-bond donors (Lipinski definition) is 1. The van der Waals surface area contributed by atoms with Gasteiger partial charge >= 0.3 is 6.09 Å². The number of aromatic nitrogens is 2. The topological polar surface area (TPSA) is 76.5 Å². The van der Waals surface area contributed by atoms with Crippen LogP contribution in [0.3, 0.4) is 0 Å². The molecule has 8 heteroatoms. The van der Waals surface area contributed by atoms with Gasteiger partial charge < -0.3 is 15.0 Å². The van der Waals surface area contributed by atoms with E-state index in [0.717, 1.165) is 41.7 Å². The molecule has 122 valence electrons. The van der Waals surface area contributed by atoms with Crippen molar-refractivity contribution < 1.29 is 9.53 Å². The standard InChI is InChI=1S/C15H18N4O3S/c20-14-12-10-2-3-16-8-11(10)23-13(12)17-9-19(14)6-5-18-4-1-7-22-15(18)21/h9,16H,1-8H2. The maximum absolute atomic E-state index is 12.8. The van der Waals surface area contributed by atoms with E-state index >= 15 is 0 Å². The van der Waals surface area contributed by atoms with E-state index in [1.165, 1.54) is 4.88 Å². The van der Waals surface area contributed by atoms with Crippen LogP contribution in [0.2, 0.25) is 0 Å². The first-order valence-corrected chi connectivity index (χ1v) is 8.68. The Balaban J connectivity index is 1.61. The molecule has 2 aliphatic rings. The van der Waals surface area contributed by atoms with E-state index in [9.17, 15) is 9.59 Å². The number of fused-ring (bicyclic) bond motifs is 3. The Hall–Kier alpha value is -1.93. The number of carbonyl (C=O) groups is 1. The van der Waals surface area contributed by atoms with Crippen LogP contribution in [0, 0.1) is 0 Å². The molecule has 4 rings (SSSR count). The lowest BCUT2D eigenvalue weighted by Gasteiger charge is -2.26. The molecule has 0 aliphatic carbocycles. The Morgan fingerprint density at radius 1 is 1.35 bits per heavy atom. The van der Waals surface area contributed by atoms with Gasteiger partial charge in [0.15, 0.2) is 0 Å². The van der Waals surface area contributed by atoms with Crippen molar-refractivity contribution in [1.29, 1.82) is 0 Å². The summed E-state index contributed by atoms with van der Waals surface area (Å²) in [5.41, 5.74) is 1.15. The summed E-state index contributed by atoms with van der Waals surface area (Å²) in [5, 5.41) is 4.08. The van der Waals surface area contributed by atoms with Crippen molar-refractivity contribution in [3.8, 4) is 0 Å². The number of ether oxygens (including phenoxy) is 1. The highest BCUT2D eigenvalue weighted by atomic mass is 32.1. The second kappa shape index (κ2) is 5.93. The monoisotopic (exact) mass is 334 g/mol. The minimum Gasteiger partial charge on any atom is -0.449 e. The van der Waals surface area contributed by atoms with Crippen molar-refractivity contribution in [2.24, 2.45) is 0 Å². The van der Waals surface area contributed by atoms with Gasteiger partial charge in [-0.2, -0.15) is 0 Å². The van der Waals surface area contributed by atoms with Crippen LogP contribution in [0.1, 0.15) is 16.9 Å². The Bertz CT molecular complexity index is 813. The van der Waals surface area contributed by atoms with E-state index in [1.807, 2.05) is 0 Å². The molecule has 0 unspecified atom stereocenters. The fraction of sp³-hybridized carbons (Fsp3) is 0.533. The quantitative estimate of drug-likeness (QED) is 0.904. The van der Waals surface area contributed by atoms with Crippen molar-refractivity contribution in [1.82, 2.24) is 19.8 Å². The number of rotatable bonds is 3. The molecule has 7 nitrogen and oxygen atoms in total. The number of hydrogen-bond acceptors (Lipinski definition) is 6. The number of cyclic esters (lactones) is 1. The van der Waals surface area contributed by atoms with Crippen molar-refractivity contribution in [3.05, 3.63) is 27.1 Å². The highest BCUT2D eigenvalue weighted by molar-refractivity contribution is 7.18. The van der Waals surface area contributed by atoms with Crippen LogP contribution in [0.15, 0.2) is 11.1 Å². The summed E-state index contributed by atoms with van der Waals surface area (Å²) in [6.45, 7) is 3.79. The zero-order valence-electron chi connectivity index (χ0n) is 12.7. The van der Waals surface area contributed by atoms with E-state index in [1.54, 1.807) is 27.1 Å². The van der Waals surface area contributed by atoms with E-state index < -0.39 is 0 Å². The average Bonchev–Trinajstić information content (AvgIpc) is 2.95. The molecule has 1 amide bonds. The molecule has 1 N–H and O–H groups in total. The van der Waals surface area contributed by atoms with Gasteiger partial charge in [-0.1, -0.05) is 0 Å². The van der Waals surface area contributed by atoms with Crippen molar-refractivity contribution in [2.75, 3.05) is 26.2 Å². The molecular weight excluding hydrogens is 316 g/mol. The molecule has 1 fully saturated rings. The third kappa shape index (κ3) is 2.61. The van der Waals surface area contributed by atoms with Crippen molar-refractivity contribution in [2.45, 2.75) is 25.9 Å². The third-order valence-corrected chi connectivity index (χ3v) is 5.51. The maximum Gasteiger partial charge on any atom is 0.409 e. The molecule has 1 saturated heterocycles. The number of carbonyl (C=O) groups excluding carboxylic acids is 1. The molecule has 0 radical (unpaired) electrons. The Morgan fingerprint density at radius 2 is 2.26 bits per heavy atom. The minimum absolute atomic E-state index is 0.000207. The maximum atomic E-state index is 12.8. The predicted octanol–water partition coefficient (Wildman–Crippen LogP) is 0.946.